The van der Waals surface area contributed by atoms with E-state index < -0.39 is 0 Å². The van der Waals surface area contributed by atoms with Crippen LogP contribution in [0.15, 0.2) is 17.1 Å². The van der Waals surface area contributed by atoms with Crippen molar-refractivity contribution in [1.82, 2.24) is 15.1 Å². The molecule has 1 saturated heterocycles. The van der Waals surface area contributed by atoms with Crippen molar-refractivity contribution in [2.45, 2.75) is 13.8 Å². The van der Waals surface area contributed by atoms with Gasteiger partial charge in [0.05, 0.1) is 11.9 Å². The summed E-state index contributed by atoms with van der Waals surface area (Å²) < 4.78 is 0. The van der Waals surface area contributed by atoms with Gasteiger partial charge in [0, 0.05) is 38.8 Å². The summed E-state index contributed by atoms with van der Waals surface area (Å²) in [5.74, 6) is 0.711. The third kappa shape index (κ3) is 3.30. The number of aromatic nitrogens is 2. The predicted molar refractivity (Wildman–Crippen MR) is 68.3 cm³/mol. The van der Waals surface area contributed by atoms with E-state index >= 15 is 0 Å². The standard InChI is InChI=1S/C12H20N4O/c1-10(2)9-15-3-5-16(6-4-15)11-7-12(17)14-13-8-11/h7-8,10H,3-6,9H2,1-2H3,(H,14,17). The van der Waals surface area contributed by atoms with Crippen LogP contribution in [0.4, 0.5) is 5.69 Å². The average molecular weight is 236 g/mol. The zero-order valence-corrected chi connectivity index (χ0v) is 10.5. The summed E-state index contributed by atoms with van der Waals surface area (Å²) >= 11 is 0. The highest BCUT2D eigenvalue weighted by molar-refractivity contribution is 5.43. The molecule has 17 heavy (non-hydrogen) atoms. The molecule has 1 N–H and O–H groups in total. The monoisotopic (exact) mass is 236 g/mol. The van der Waals surface area contributed by atoms with Gasteiger partial charge in [0.1, 0.15) is 0 Å². The fourth-order valence-electron chi connectivity index (χ4n) is 2.24. The number of aromatic amines is 1. The second-order valence-corrected chi connectivity index (χ2v) is 4.98. The zero-order chi connectivity index (χ0) is 12.3. The number of nitrogens with zero attached hydrogens (tertiary/aromatic N) is 3. The molecule has 5 nitrogen and oxygen atoms in total. The number of nitrogens with one attached hydrogen (secondary N) is 1. The van der Waals surface area contributed by atoms with Gasteiger partial charge in [0.15, 0.2) is 0 Å². The van der Waals surface area contributed by atoms with Crippen LogP contribution >= 0.6 is 0 Å². The van der Waals surface area contributed by atoms with Gasteiger partial charge < -0.3 is 4.90 Å². The van der Waals surface area contributed by atoms with Crippen LogP contribution in [0, 0.1) is 5.92 Å². The minimum atomic E-state index is -0.132. The highest BCUT2D eigenvalue weighted by atomic mass is 16.1. The summed E-state index contributed by atoms with van der Waals surface area (Å²) in [6, 6.07) is 1.62. The van der Waals surface area contributed by atoms with Crippen molar-refractivity contribution in [3.63, 3.8) is 0 Å². The first kappa shape index (κ1) is 12.1. The summed E-state index contributed by atoms with van der Waals surface area (Å²) in [4.78, 5) is 15.9. The van der Waals surface area contributed by atoms with Crippen molar-refractivity contribution in [3.8, 4) is 0 Å². The minimum absolute atomic E-state index is 0.132. The molecule has 0 unspecified atom stereocenters. The zero-order valence-electron chi connectivity index (χ0n) is 10.5. The van der Waals surface area contributed by atoms with E-state index in [1.54, 1.807) is 12.3 Å². The average Bonchev–Trinajstić information content (AvgIpc) is 2.29. The first-order valence-electron chi connectivity index (χ1n) is 6.17. The Labute approximate surface area is 101 Å². The molecule has 1 aliphatic rings. The Balaban J connectivity index is 1.93. The van der Waals surface area contributed by atoms with Crippen LogP contribution in [0.1, 0.15) is 13.8 Å². The Morgan fingerprint density at radius 3 is 2.65 bits per heavy atom. The fraction of sp³-hybridized carbons (Fsp3) is 0.667. The molecule has 2 heterocycles. The predicted octanol–water partition coefficient (Wildman–Crippen LogP) is 0.548. The quantitative estimate of drug-likeness (QED) is 0.832. The second kappa shape index (κ2) is 5.31. The van der Waals surface area contributed by atoms with Gasteiger partial charge in [-0.3, -0.25) is 9.69 Å². The van der Waals surface area contributed by atoms with Gasteiger partial charge in [-0.15, -0.1) is 0 Å². The van der Waals surface area contributed by atoms with Crippen molar-refractivity contribution in [3.05, 3.63) is 22.6 Å². The van der Waals surface area contributed by atoms with E-state index in [9.17, 15) is 4.79 Å². The molecule has 94 valence electrons. The van der Waals surface area contributed by atoms with E-state index in [0.717, 1.165) is 38.4 Å². The molecule has 1 aromatic rings. The Bertz CT molecular complexity index is 407. The van der Waals surface area contributed by atoms with Crippen molar-refractivity contribution >= 4 is 5.69 Å². The molecule has 5 heteroatoms. The second-order valence-electron chi connectivity index (χ2n) is 4.98. The number of anilines is 1. The molecule has 2 rings (SSSR count). The topological polar surface area (TPSA) is 52.2 Å². The molecule has 1 aliphatic heterocycles. The van der Waals surface area contributed by atoms with Crippen LogP contribution in [0.3, 0.4) is 0 Å². The molecule has 0 amide bonds. The number of piperazine rings is 1. The molecule has 0 bridgehead atoms. The minimum Gasteiger partial charge on any atom is -0.368 e. The number of hydrogen-bond donors (Lipinski definition) is 1. The van der Waals surface area contributed by atoms with Crippen LogP contribution in [0.5, 0.6) is 0 Å². The molecule has 1 fully saturated rings. The van der Waals surface area contributed by atoms with Gasteiger partial charge in [0.2, 0.25) is 0 Å². The van der Waals surface area contributed by atoms with E-state index in [2.05, 4.69) is 33.8 Å². The van der Waals surface area contributed by atoms with Crippen molar-refractivity contribution in [2.24, 2.45) is 5.92 Å². The number of H-pyrrole nitrogens is 1. The molecule has 0 aliphatic carbocycles. The Morgan fingerprint density at radius 2 is 2.06 bits per heavy atom. The molecule has 0 spiro atoms. The lowest BCUT2D eigenvalue weighted by atomic mass is 10.2. The van der Waals surface area contributed by atoms with Crippen LogP contribution in [-0.2, 0) is 0 Å². The van der Waals surface area contributed by atoms with Gasteiger partial charge in [-0.05, 0) is 5.92 Å². The molecule has 0 saturated carbocycles. The Morgan fingerprint density at radius 1 is 1.35 bits per heavy atom. The third-order valence-corrected chi connectivity index (χ3v) is 3.01. The molecule has 1 aromatic heterocycles. The van der Waals surface area contributed by atoms with Gasteiger partial charge >= 0.3 is 0 Å². The first-order chi connectivity index (χ1) is 8.15. The highest BCUT2D eigenvalue weighted by Crippen LogP contribution is 2.13. The van der Waals surface area contributed by atoms with E-state index in [4.69, 9.17) is 0 Å². The Kier molecular flexibility index (Phi) is 3.78. The lowest BCUT2D eigenvalue weighted by molar-refractivity contribution is 0.231. The third-order valence-electron chi connectivity index (χ3n) is 3.01. The van der Waals surface area contributed by atoms with Crippen LogP contribution in [0.25, 0.3) is 0 Å². The summed E-state index contributed by atoms with van der Waals surface area (Å²) in [7, 11) is 0. The smallest absolute Gasteiger partial charge is 0.266 e. The summed E-state index contributed by atoms with van der Waals surface area (Å²) in [6.07, 6.45) is 1.72. The molecular formula is C12H20N4O. The highest BCUT2D eigenvalue weighted by Gasteiger charge is 2.17. The first-order valence-corrected chi connectivity index (χ1v) is 6.17. The maximum absolute atomic E-state index is 11.2. The molecule has 0 radical (unpaired) electrons. The largest absolute Gasteiger partial charge is 0.368 e. The van der Waals surface area contributed by atoms with Gasteiger partial charge in [-0.2, -0.15) is 5.10 Å². The van der Waals surface area contributed by atoms with Crippen molar-refractivity contribution < 1.29 is 0 Å². The van der Waals surface area contributed by atoms with E-state index in [0.29, 0.717) is 5.92 Å². The Hall–Kier alpha value is -1.36. The molecule has 0 atom stereocenters. The van der Waals surface area contributed by atoms with Crippen LogP contribution in [-0.4, -0.2) is 47.8 Å². The van der Waals surface area contributed by atoms with E-state index in [1.807, 2.05) is 0 Å². The van der Waals surface area contributed by atoms with Gasteiger partial charge in [-0.25, -0.2) is 5.10 Å². The van der Waals surface area contributed by atoms with Gasteiger partial charge in [-0.1, -0.05) is 13.8 Å². The maximum atomic E-state index is 11.2. The van der Waals surface area contributed by atoms with Gasteiger partial charge in [0.25, 0.3) is 5.56 Å². The van der Waals surface area contributed by atoms with Crippen LogP contribution in [0.2, 0.25) is 0 Å². The maximum Gasteiger partial charge on any atom is 0.266 e. The summed E-state index contributed by atoms with van der Waals surface area (Å²) in [6.45, 7) is 9.70. The molecule has 0 aromatic carbocycles. The van der Waals surface area contributed by atoms with E-state index in [-0.39, 0.29) is 5.56 Å². The number of hydrogen-bond acceptors (Lipinski definition) is 4. The number of rotatable bonds is 3. The lowest BCUT2D eigenvalue weighted by Crippen LogP contribution is -2.47. The summed E-state index contributed by atoms with van der Waals surface area (Å²) in [5.41, 5.74) is 0.796. The molecular weight excluding hydrogens is 216 g/mol. The normalized spacial score (nSPS) is 17.7. The SMILES string of the molecule is CC(C)CN1CCN(c2cn[nH]c(=O)c2)CC1. The fourth-order valence-corrected chi connectivity index (χ4v) is 2.24. The van der Waals surface area contributed by atoms with E-state index in [1.165, 1.54) is 0 Å². The lowest BCUT2D eigenvalue weighted by Gasteiger charge is -2.36. The summed E-state index contributed by atoms with van der Waals surface area (Å²) in [5, 5.41) is 6.24. The van der Waals surface area contributed by atoms with Crippen LogP contribution < -0.4 is 10.5 Å². The van der Waals surface area contributed by atoms with Crippen molar-refractivity contribution in [1.29, 1.82) is 0 Å². The van der Waals surface area contributed by atoms with Crippen molar-refractivity contribution in [2.75, 3.05) is 37.6 Å².